The van der Waals surface area contributed by atoms with Crippen LogP contribution in [0.25, 0.3) is 0 Å². The smallest absolute Gasteiger partial charge is 0.227 e. The Hall–Kier alpha value is -2.60. The van der Waals surface area contributed by atoms with Crippen molar-refractivity contribution in [1.29, 1.82) is 0 Å². The molecule has 1 fully saturated rings. The van der Waals surface area contributed by atoms with E-state index in [0.29, 0.717) is 25.3 Å². The second-order valence-electron chi connectivity index (χ2n) is 6.78. The molecule has 2 amide bonds. The Balaban J connectivity index is 1.52. The Kier molecular flexibility index (Phi) is 5.42. The van der Waals surface area contributed by atoms with E-state index in [1.54, 1.807) is 17.0 Å². The fraction of sp³-hybridized carbons (Fsp3) is 0.400. The van der Waals surface area contributed by atoms with E-state index in [-0.39, 0.29) is 24.2 Å². The zero-order chi connectivity index (χ0) is 18.7. The first-order chi connectivity index (χ1) is 12.5. The quantitative estimate of drug-likeness (QED) is 0.833. The van der Waals surface area contributed by atoms with E-state index in [1.165, 1.54) is 11.8 Å². The molecule has 0 radical (unpaired) electrons. The van der Waals surface area contributed by atoms with E-state index < -0.39 is 6.10 Å². The minimum Gasteiger partial charge on any atom is -0.467 e. The second kappa shape index (κ2) is 7.74. The van der Waals surface area contributed by atoms with Gasteiger partial charge < -0.3 is 19.7 Å². The minimum absolute atomic E-state index is 0.0379. The minimum atomic E-state index is -0.748. The Morgan fingerprint density at radius 1 is 1.35 bits per heavy atom. The van der Waals surface area contributed by atoms with Gasteiger partial charge in [0.25, 0.3) is 0 Å². The van der Waals surface area contributed by atoms with Crippen LogP contribution in [0.2, 0.25) is 0 Å². The number of amides is 2. The third-order valence-corrected chi connectivity index (χ3v) is 4.89. The van der Waals surface area contributed by atoms with Gasteiger partial charge in [-0.1, -0.05) is 6.07 Å². The molecule has 3 rings (SSSR count). The summed E-state index contributed by atoms with van der Waals surface area (Å²) in [7, 11) is 0. The predicted octanol–water partition coefficient (Wildman–Crippen LogP) is 2.49. The lowest BCUT2D eigenvalue weighted by Crippen LogP contribution is -2.34. The first-order valence-corrected chi connectivity index (χ1v) is 8.82. The molecule has 0 spiro atoms. The number of carbonyl (C=O) groups is 2. The Morgan fingerprint density at radius 3 is 2.85 bits per heavy atom. The number of aryl methyl sites for hydroxylation is 2. The van der Waals surface area contributed by atoms with Gasteiger partial charge in [0, 0.05) is 25.2 Å². The van der Waals surface area contributed by atoms with Crippen LogP contribution in [0.3, 0.4) is 0 Å². The van der Waals surface area contributed by atoms with Crippen LogP contribution in [0.1, 0.15) is 35.8 Å². The van der Waals surface area contributed by atoms with Crippen LogP contribution in [0.5, 0.6) is 0 Å². The highest BCUT2D eigenvalue weighted by atomic mass is 16.4. The monoisotopic (exact) mass is 356 g/mol. The Morgan fingerprint density at radius 2 is 2.15 bits per heavy atom. The summed E-state index contributed by atoms with van der Waals surface area (Å²) in [5.41, 5.74) is 3.13. The molecule has 2 aromatic rings. The third-order valence-electron chi connectivity index (χ3n) is 4.89. The summed E-state index contributed by atoms with van der Waals surface area (Å²) < 4.78 is 5.13. The summed E-state index contributed by atoms with van der Waals surface area (Å²) in [6.07, 6.45) is 1.32. The first kappa shape index (κ1) is 18.2. The lowest BCUT2D eigenvalue weighted by atomic mass is 10.1. The van der Waals surface area contributed by atoms with Crippen LogP contribution in [0, 0.1) is 19.8 Å². The molecule has 0 saturated carbocycles. The molecule has 0 unspecified atom stereocenters. The lowest BCUT2D eigenvalue weighted by Gasteiger charge is -2.18. The van der Waals surface area contributed by atoms with Gasteiger partial charge in [-0.25, -0.2) is 0 Å². The molecule has 138 valence electrons. The number of benzene rings is 1. The number of rotatable bonds is 6. The van der Waals surface area contributed by atoms with Gasteiger partial charge >= 0.3 is 0 Å². The van der Waals surface area contributed by atoms with Gasteiger partial charge in [0.1, 0.15) is 11.9 Å². The number of nitrogens with zero attached hydrogens (tertiary/aromatic N) is 1. The maximum atomic E-state index is 12.4. The molecule has 1 aliphatic rings. The number of aliphatic hydroxyl groups excluding tert-OH is 1. The van der Waals surface area contributed by atoms with Gasteiger partial charge in [-0.05, 0) is 55.7 Å². The summed E-state index contributed by atoms with van der Waals surface area (Å²) in [6.45, 7) is 4.75. The molecule has 1 aromatic carbocycles. The van der Waals surface area contributed by atoms with Crippen molar-refractivity contribution < 1.29 is 19.1 Å². The van der Waals surface area contributed by atoms with E-state index in [4.69, 9.17) is 4.42 Å². The first-order valence-electron chi connectivity index (χ1n) is 8.82. The molecule has 6 nitrogen and oxygen atoms in total. The van der Waals surface area contributed by atoms with Crippen molar-refractivity contribution in [2.75, 3.05) is 18.0 Å². The van der Waals surface area contributed by atoms with Crippen molar-refractivity contribution in [3.05, 3.63) is 53.5 Å². The summed E-state index contributed by atoms with van der Waals surface area (Å²) >= 11 is 0. The predicted molar refractivity (Wildman–Crippen MR) is 97.7 cm³/mol. The van der Waals surface area contributed by atoms with E-state index >= 15 is 0 Å². The Bertz CT molecular complexity index is 785. The topological polar surface area (TPSA) is 82.8 Å². The summed E-state index contributed by atoms with van der Waals surface area (Å²) in [5, 5.41) is 12.8. The molecule has 6 heteroatoms. The molecular formula is C20H24N2O4. The van der Waals surface area contributed by atoms with Crippen LogP contribution in [0.15, 0.2) is 41.0 Å². The van der Waals surface area contributed by atoms with Crippen molar-refractivity contribution in [1.82, 2.24) is 5.32 Å². The summed E-state index contributed by atoms with van der Waals surface area (Å²) in [5.74, 6) is -0.0820. The highest BCUT2D eigenvalue weighted by Crippen LogP contribution is 2.27. The van der Waals surface area contributed by atoms with Gasteiger partial charge in [-0.3, -0.25) is 9.59 Å². The standard InChI is InChI=1S/C20H24N2O4/c1-13-5-6-16(10-14(13)2)22-12-15(11-19(22)24)20(25)21-8-7-17(23)18-4-3-9-26-18/h3-6,9-10,15,17,23H,7-8,11-12H2,1-2H3,(H,21,25)/t15-,17+/m1/s1. The van der Waals surface area contributed by atoms with Crippen LogP contribution in [-0.2, 0) is 9.59 Å². The zero-order valence-electron chi connectivity index (χ0n) is 15.1. The van der Waals surface area contributed by atoms with E-state index in [1.807, 2.05) is 32.0 Å². The number of hydrogen-bond acceptors (Lipinski definition) is 4. The van der Waals surface area contributed by atoms with E-state index in [2.05, 4.69) is 5.32 Å². The number of aliphatic hydroxyl groups is 1. The number of carbonyl (C=O) groups excluding carboxylic acids is 2. The molecule has 1 saturated heterocycles. The van der Waals surface area contributed by atoms with Crippen LogP contribution in [0.4, 0.5) is 5.69 Å². The van der Waals surface area contributed by atoms with Gasteiger partial charge in [-0.15, -0.1) is 0 Å². The molecule has 26 heavy (non-hydrogen) atoms. The average molecular weight is 356 g/mol. The average Bonchev–Trinajstić information content (AvgIpc) is 3.27. The molecule has 0 bridgehead atoms. The van der Waals surface area contributed by atoms with Gasteiger partial charge in [-0.2, -0.15) is 0 Å². The molecule has 2 heterocycles. The van der Waals surface area contributed by atoms with Gasteiger partial charge in [0.15, 0.2) is 0 Å². The van der Waals surface area contributed by atoms with Gasteiger partial charge in [0.2, 0.25) is 11.8 Å². The van der Waals surface area contributed by atoms with Crippen LogP contribution < -0.4 is 10.2 Å². The highest BCUT2D eigenvalue weighted by molar-refractivity contribution is 6.00. The largest absolute Gasteiger partial charge is 0.467 e. The van der Waals surface area contributed by atoms with Crippen LogP contribution in [-0.4, -0.2) is 30.0 Å². The fourth-order valence-electron chi connectivity index (χ4n) is 3.13. The number of furan rings is 1. The SMILES string of the molecule is Cc1ccc(N2C[C@H](C(=O)NCC[C@H](O)c3ccco3)CC2=O)cc1C. The second-order valence-corrected chi connectivity index (χ2v) is 6.78. The normalized spacial score (nSPS) is 18.2. The molecule has 0 aliphatic carbocycles. The summed E-state index contributed by atoms with van der Waals surface area (Å²) in [6, 6.07) is 9.29. The maximum Gasteiger partial charge on any atom is 0.227 e. The molecule has 1 aliphatic heterocycles. The molecule has 2 atom stereocenters. The van der Waals surface area contributed by atoms with Crippen molar-refractivity contribution in [3.8, 4) is 0 Å². The van der Waals surface area contributed by atoms with Crippen molar-refractivity contribution in [3.63, 3.8) is 0 Å². The molecule has 2 N–H and O–H groups in total. The zero-order valence-corrected chi connectivity index (χ0v) is 15.1. The Labute approximate surface area is 152 Å². The summed E-state index contributed by atoms with van der Waals surface area (Å²) in [4.78, 5) is 26.4. The maximum absolute atomic E-state index is 12.4. The highest BCUT2D eigenvalue weighted by Gasteiger charge is 2.35. The number of hydrogen-bond donors (Lipinski definition) is 2. The van der Waals surface area contributed by atoms with Crippen LogP contribution >= 0.6 is 0 Å². The van der Waals surface area contributed by atoms with E-state index in [9.17, 15) is 14.7 Å². The number of nitrogens with one attached hydrogen (secondary N) is 1. The van der Waals surface area contributed by atoms with Crippen molar-refractivity contribution in [2.45, 2.75) is 32.8 Å². The lowest BCUT2D eigenvalue weighted by molar-refractivity contribution is -0.126. The van der Waals surface area contributed by atoms with Crippen molar-refractivity contribution in [2.24, 2.45) is 5.92 Å². The van der Waals surface area contributed by atoms with Gasteiger partial charge in [0.05, 0.1) is 12.2 Å². The third kappa shape index (κ3) is 3.96. The van der Waals surface area contributed by atoms with E-state index in [0.717, 1.165) is 11.3 Å². The molecule has 1 aromatic heterocycles. The number of anilines is 1. The molecular weight excluding hydrogens is 332 g/mol. The fourth-order valence-corrected chi connectivity index (χ4v) is 3.13. The van der Waals surface area contributed by atoms with Crippen molar-refractivity contribution >= 4 is 17.5 Å².